The lowest BCUT2D eigenvalue weighted by Crippen LogP contribution is -2.35. The zero-order valence-corrected chi connectivity index (χ0v) is 32.6. The van der Waals surface area contributed by atoms with E-state index in [1.807, 2.05) is 0 Å². The van der Waals surface area contributed by atoms with Gasteiger partial charge in [-0.15, -0.1) is 0 Å². The average molecular weight is 718 g/mol. The molecule has 4 aliphatic carbocycles. The van der Waals surface area contributed by atoms with Gasteiger partial charge >= 0.3 is 0 Å². The summed E-state index contributed by atoms with van der Waals surface area (Å²) in [6, 6.07) is 25.9. The van der Waals surface area contributed by atoms with E-state index in [-0.39, 0.29) is 0 Å². The van der Waals surface area contributed by atoms with E-state index in [9.17, 15) is 0 Å². The highest BCUT2D eigenvalue weighted by atomic mass is 16.3. The summed E-state index contributed by atoms with van der Waals surface area (Å²) in [5.74, 6) is 1.08. The van der Waals surface area contributed by atoms with Crippen molar-refractivity contribution in [2.45, 2.75) is 65.7 Å². The molecule has 2 nitrogen and oxygen atoms in total. The number of hydrogen-bond donors (Lipinski definition) is 0. The van der Waals surface area contributed by atoms with E-state index in [2.05, 4.69) is 154 Å². The third kappa shape index (κ3) is 7.03. The van der Waals surface area contributed by atoms with Gasteiger partial charge in [0.1, 0.15) is 11.0 Å². The Kier molecular flexibility index (Phi) is 10.5. The van der Waals surface area contributed by atoms with Crippen LogP contribution in [0, 0.1) is 11.8 Å². The van der Waals surface area contributed by atoms with Crippen LogP contribution in [-0.4, -0.2) is 5.71 Å². The number of allylic oxidation sites excluding steroid dienone is 10. The van der Waals surface area contributed by atoms with E-state index in [0.29, 0.717) is 5.92 Å². The van der Waals surface area contributed by atoms with Gasteiger partial charge in [0.05, 0.1) is 5.70 Å². The van der Waals surface area contributed by atoms with Crippen molar-refractivity contribution in [1.82, 2.24) is 0 Å². The van der Waals surface area contributed by atoms with Crippen molar-refractivity contribution in [1.29, 1.82) is 0 Å². The van der Waals surface area contributed by atoms with Crippen LogP contribution in [-0.2, 0) is 6.42 Å². The van der Waals surface area contributed by atoms with Crippen LogP contribution in [0.15, 0.2) is 149 Å². The van der Waals surface area contributed by atoms with E-state index in [1.165, 1.54) is 66.6 Å². The fraction of sp³-hybridized carbons (Fsp3) is 0.226. The summed E-state index contributed by atoms with van der Waals surface area (Å²) < 4.78 is 6.58. The molecule has 0 aliphatic heterocycles. The van der Waals surface area contributed by atoms with Crippen molar-refractivity contribution in [3.8, 4) is 0 Å². The summed E-state index contributed by atoms with van der Waals surface area (Å²) in [5.41, 5.74) is 11.7. The highest BCUT2D eigenvalue weighted by Gasteiger charge is 2.27. The molecule has 0 spiro atoms. The number of benzene rings is 4. The van der Waals surface area contributed by atoms with Gasteiger partial charge in [0, 0.05) is 28.0 Å². The molecule has 0 amide bonds. The van der Waals surface area contributed by atoms with E-state index in [0.717, 1.165) is 77.1 Å². The zero-order valence-electron chi connectivity index (χ0n) is 32.6. The topological polar surface area (TPSA) is 25.5 Å². The molecule has 4 aromatic carbocycles. The maximum Gasteiger partial charge on any atom is 0.139 e. The fourth-order valence-corrected chi connectivity index (χ4v) is 8.77. The van der Waals surface area contributed by atoms with Crippen LogP contribution in [0.5, 0.6) is 0 Å². The first-order valence-electron chi connectivity index (χ1n) is 20.2. The van der Waals surface area contributed by atoms with E-state index < -0.39 is 0 Å². The normalized spacial score (nSPS) is 19.2. The molecular weight excluding hydrogens is 667 g/mol. The minimum absolute atomic E-state index is 0.308. The van der Waals surface area contributed by atoms with Crippen molar-refractivity contribution >= 4 is 62.5 Å². The minimum Gasteiger partial charge on any atom is -0.456 e. The van der Waals surface area contributed by atoms with E-state index >= 15 is 0 Å². The summed E-state index contributed by atoms with van der Waals surface area (Å²) in [4.78, 5) is 5.38. The Morgan fingerprint density at radius 2 is 1.62 bits per heavy atom. The zero-order chi connectivity index (χ0) is 37.9. The molecule has 0 saturated heterocycles. The van der Waals surface area contributed by atoms with Crippen LogP contribution in [0.1, 0.15) is 70.4 Å². The number of rotatable bonds is 8. The van der Waals surface area contributed by atoms with Crippen molar-refractivity contribution in [3.63, 3.8) is 0 Å². The molecule has 4 aliphatic rings. The molecule has 9 rings (SSSR count). The lowest BCUT2D eigenvalue weighted by molar-refractivity contribution is 0.570. The molecule has 0 N–H and O–H groups in total. The summed E-state index contributed by atoms with van der Waals surface area (Å²) in [6.45, 7) is 16.1. The van der Waals surface area contributed by atoms with Crippen LogP contribution in [0.3, 0.4) is 0 Å². The van der Waals surface area contributed by atoms with E-state index in [1.54, 1.807) is 0 Å². The second-order valence-corrected chi connectivity index (χ2v) is 15.2. The van der Waals surface area contributed by atoms with Gasteiger partial charge in [0.25, 0.3) is 0 Å². The van der Waals surface area contributed by atoms with Gasteiger partial charge < -0.3 is 4.42 Å². The first kappa shape index (κ1) is 36.3. The monoisotopic (exact) mass is 717 g/mol. The molecule has 0 radical (unpaired) electrons. The summed E-state index contributed by atoms with van der Waals surface area (Å²) in [6.07, 6.45) is 28.9. The third-order valence-corrected chi connectivity index (χ3v) is 11.5. The Hall–Kier alpha value is -5.73. The number of fused-ring (bicyclic) bond motifs is 2. The Morgan fingerprint density at radius 3 is 2.35 bits per heavy atom. The highest BCUT2D eigenvalue weighted by molar-refractivity contribution is 6.20. The van der Waals surface area contributed by atoms with Crippen LogP contribution in [0.2, 0.25) is 0 Å². The largest absolute Gasteiger partial charge is 0.456 e. The quantitative estimate of drug-likeness (QED) is 0.147. The van der Waals surface area contributed by atoms with Crippen LogP contribution in [0.25, 0.3) is 56.8 Å². The molecule has 0 saturated carbocycles. The maximum atomic E-state index is 6.58. The first-order chi connectivity index (χ1) is 27.0. The van der Waals surface area contributed by atoms with Crippen LogP contribution < -0.4 is 26.3 Å². The Balaban J connectivity index is 0.000000551. The first-order valence-corrected chi connectivity index (χ1v) is 20.2. The molecule has 2 atom stereocenters. The van der Waals surface area contributed by atoms with E-state index in [4.69, 9.17) is 22.6 Å². The molecule has 0 bridgehead atoms. The summed E-state index contributed by atoms with van der Waals surface area (Å²) >= 11 is 0. The lowest BCUT2D eigenvalue weighted by atomic mass is 9.81. The Morgan fingerprint density at radius 1 is 0.855 bits per heavy atom. The molecule has 1 aromatic heterocycles. The Labute approximate surface area is 325 Å². The molecular formula is C53H51NO. The van der Waals surface area contributed by atoms with Crippen LogP contribution >= 0.6 is 0 Å². The molecule has 5 aromatic rings. The van der Waals surface area contributed by atoms with Gasteiger partial charge in [-0.25, -0.2) is 0 Å². The third-order valence-electron chi connectivity index (χ3n) is 11.5. The van der Waals surface area contributed by atoms with Crippen molar-refractivity contribution in [3.05, 3.63) is 177 Å². The second-order valence-electron chi connectivity index (χ2n) is 15.2. The minimum atomic E-state index is 0.308. The number of nitrogens with zero attached hydrogens (tertiary/aromatic N) is 1. The van der Waals surface area contributed by atoms with Crippen molar-refractivity contribution in [2.24, 2.45) is 16.8 Å². The van der Waals surface area contributed by atoms with Crippen LogP contribution in [0.4, 0.5) is 0 Å². The molecule has 55 heavy (non-hydrogen) atoms. The predicted molar refractivity (Wildman–Crippen MR) is 237 cm³/mol. The summed E-state index contributed by atoms with van der Waals surface area (Å²) in [7, 11) is 0. The lowest BCUT2D eigenvalue weighted by Gasteiger charge is -2.22. The molecule has 0 fully saturated rings. The van der Waals surface area contributed by atoms with Gasteiger partial charge in [-0.05, 0) is 111 Å². The second kappa shape index (κ2) is 15.9. The number of hydrogen-bond acceptors (Lipinski definition) is 2. The Bertz CT molecular complexity index is 2790. The van der Waals surface area contributed by atoms with Gasteiger partial charge in [-0.1, -0.05) is 162 Å². The number of aliphatic imine (C=N–C) groups is 1. The molecule has 274 valence electrons. The SMILES string of the molecule is C=C(/C=c1\c(=C)c2c3c(oc4cccc1c43)=C1C=CC=CC1C2)C1=c2ccccc2=C(C(CCC)=N/C(=C/CC)c2ccccc2)CC1.CC1C=CC=CC1. The smallest absolute Gasteiger partial charge is 0.139 e. The fourth-order valence-electron chi connectivity index (χ4n) is 8.77. The maximum absolute atomic E-state index is 6.58. The number of furan rings is 1. The van der Waals surface area contributed by atoms with Crippen molar-refractivity contribution < 1.29 is 4.42 Å². The standard InChI is InChI=1S/C46H41NO.C7H10/c1-5-15-41(31-17-8-7-9-18-31)47-42(16-6-2)37-26-25-33(35-21-12-13-22-36(35)37)29(3)27-39-30(4)40-28-32-19-10-11-20-34(32)46-45(40)44-38(39)23-14-24-43(44)48-46;1-7-5-3-2-4-6-7/h7-15,17-24,27,32H,3-6,16,25-26,28H2,1-2H3;2-5,7H,6H2,1H3/b39-27+,41-15+,47-42?;. The molecule has 2 heteroatoms. The van der Waals surface area contributed by atoms with Gasteiger partial charge in [-0.2, -0.15) is 0 Å². The van der Waals surface area contributed by atoms with Gasteiger partial charge in [0.2, 0.25) is 0 Å². The predicted octanol–water partition coefficient (Wildman–Crippen LogP) is 10.1. The van der Waals surface area contributed by atoms with Crippen molar-refractivity contribution in [2.75, 3.05) is 0 Å². The molecule has 2 unspecified atom stereocenters. The average Bonchev–Trinajstić information content (AvgIpc) is 3.62. The summed E-state index contributed by atoms with van der Waals surface area (Å²) in [5, 5.41) is 8.43. The van der Waals surface area contributed by atoms with Gasteiger partial charge in [-0.3, -0.25) is 4.99 Å². The molecule has 1 heterocycles. The highest BCUT2D eigenvalue weighted by Crippen LogP contribution is 2.34. The van der Waals surface area contributed by atoms with Gasteiger partial charge in [0.15, 0.2) is 0 Å².